The van der Waals surface area contributed by atoms with E-state index in [1.54, 1.807) is 25.2 Å². The molecule has 4 rings (SSSR count). The van der Waals surface area contributed by atoms with E-state index in [0.717, 1.165) is 31.7 Å². The number of carbonyl (C=O) groups is 1. The zero-order chi connectivity index (χ0) is 21.4. The molecule has 3 aromatic rings. The van der Waals surface area contributed by atoms with Crippen LogP contribution in [-0.4, -0.2) is 32.8 Å². The molecule has 0 aliphatic heterocycles. The molecule has 0 spiro atoms. The Labute approximate surface area is 171 Å². The number of anilines is 3. The Kier molecular flexibility index (Phi) is 5.25. The van der Waals surface area contributed by atoms with Gasteiger partial charge in [-0.15, -0.1) is 5.10 Å². The number of pyridine rings is 1. The highest BCUT2D eigenvalue weighted by Crippen LogP contribution is 2.28. The molecule has 1 aromatic carbocycles. The second-order valence-electron chi connectivity index (χ2n) is 7.55. The van der Waals surface area contributed by atoms with E-state index in [1.807, 2.05) is 0 Å². The Hall–Kier alpha value is -3.27. The Morgan fingerprint density at radius 1 is 1.20 bits per heavy atom. The zero-order valence-electron chi connectivity index (χ0n) is 16.5. The van der Waals surface area contributed by atoms with Crippen molar-refractivity contribution in [2.75, 3.05) is 10.6 Å². The minimum absolute atomic E-state index is 0.00231. The lowest BCUT2D eigenvalue weighted by molar-refractivity contribution is 0.100. The Balaban J connectivity index is 1.68. The average Bonchev–Trinajstić information content (AvgIpc) is 2.99. The molecule has 1 amide bonds. The second-order valence-corrected chi connectivity index (χ2v) is 7.55. The van der Waals surface area contributed by atoms with Gasteiger partial charge in [-0.05, 0) is 37.1 Å². The molecule has 10 heteroatoms. The van der Waals surface area contributed by atoms with Gasteiger partial charge in [0.1, 0.15) is 5.82 Å². The molecule has 0 saturated heterocycles. The van der Waals surface area contributed by atoms with Crippen LogP contribution >= 0.6 is 0 Å². The minimum atomic E-state index is -0.822. The SMILES string of the molecule is Cn1nc(F)c2ccc(Nc3nc(N[C@@H]4CCCC[C@@H]4N)c(F)cc3C(N)=O)cc21. The van der Waals surface area contributed by atoms with E-state index in [1.165, 1.54) is 4.68 Å². The first kappa shape index (κ1) is 20.0. The number of hydrogen-bond acceptors (Lipinski definition) is 6. The van der Waals surface area contributed by atoms with Crippen molar-refractivity contribution in [2.45, 2.75) is 37.8 Å². The van der Waals surface area contributed by atoms with E-state index >= 15 is 0 Å². The van der Waals surface area contributed by atoms with Crippen LogP contribution in [0.4, 0.5) is 26.1 Å². The summed E-state index contributed by atoms with van der Waals surface area (Å²) < 4.78 is 29.8. The van der Waals surface area contributed by atoms with Gasteiger partial charge in [0, 0.05) is 24.8 Å². The molecule has 1 fully saturated rings. The number of carbonyl (C=O) groups excluding carboxylic acids is 1. The predicted molar refractivity (Wildman–Crippen MR) is 111 cm³/mol. The van der Waals surface area contributed by atoms with Crippen molar-refractivity contribution in [1.82, 2.24) is 14.8 Å². The first-order valence-corrected chi connectivity index (χ1v) is 9.75. The van der Waals surface area contributed by atoms with Crippen LogP contribution in [0.1, 0.15) is 36.0 Å². The van der Waals surface area contributed by atoms with E-state index in [0.29, 0.717) is 16.6 Å². The zero-order valence-corrected chi connectivity index (χ0v) is 16.5. The summed E-state index contributed by atoms with van der Waals surface area (Å²) in [7, 11) is 1.62. The number of nitrogens with two attached hydrogens (primary N) is 2. The molecule has 0 radical (unpaired) electrons. The predicted octanol–water partition coefficient (Wildman–Crippen LogP) is 2.77. The summed E-state index contributed by atoms with van der Waals surface area (Å²) in [6, 6.07) is 5.68. The molecule has 1 aliphatic rings. The average molecular weight is 415 g/mol. The van der Waals surface area contributed by atoms with Crippen molar-refractivity contribution in [2.24, 2.45) is 18.5 Å². The highest BCUT2D eigenvalue weighted by molar-refractivity contribution is 5.99. The Bertz CT molecular complexity index is 1110. The minimum Gasteiger partial charge on any atom is -0.365 e. The molecule has 8 nitrogen and oxygen atoms in total. The number of hydrogen-bond donors (Lipinski definition) is 4. The van der Waals surface area contributed by atoms with Gasteiger partial charge in [-0.3, -0.25) is 9.48 Å². The number of primary amides is 1. The lowest BCUT2D eigenvalue weighted by Gasteiger charge is -2.30. The van der Waals surface area contributed by atoms with Gasteiger partial charge in [0.15, 0.2) is 11.6 Å². The van der Waals surface area contributed by atoms with Crippen LogP contribution in [0.5, 0.6) is 0 Å². The number of aryl methyl sites for hydroxylation is 1. The van der Waals surface area contributed by atoms with Gasteiger partial charge in [0.2, 0.25) is 5.95 Å². The van der Waals surface area contributed by atoms with E-state index in [9.17, 15) is 13.6 Å². The molecule has 0 unspecified atom stereocenters. The summed E-state index contributed by atoms with van der Waals surface area (Å²) in [4.78, 5) is 16.1. The Morgan fingerprint density at radius 3 is 2.70 bits per heavy atom. The third kappa shape index (κ3) is 3.78. The molecule has 1 saturated carbocycles. The van der Waals surface area contributed by atoms with Crippen molar-refractivity contribution in [3.8, 4) is 0 Å². The van der Waals surface area contributed by atoms with Crippen molar-refractivity contribution in [3.63, 3.8) is 0 Å². The summed E-state index contributed by atoms with van der Waals surface area (Å²) in [5.74, 6) is -1.99. The summed E-state index contributed by atoms with van der Waals surface area (Å²) in [5.41, 5.74) is 12.5. The third-order valence-corrected chi connectivity index (χ3v) is 5.45. The number of aromatic nitrogens is 3. The van der Waals surface area contributed by atoms with Gasteiger partial charge in [0.05, 0.1) is 16.5 Å². The maximum absolute atomic E-state index is 14.6. The van der Waals surface area contributed by atoms with Gasteiger partial charge >= 0.3 is 0 Å². The van der Waals surface area contributed by atoms with Crippen molar-refractivity contribution >= 4 is 34.1 Å². The Morgan fingerprint density at radius 2 is 1.97 bits per heavy atom. The molecule has 2 heterocycles. The highest BCUT2D eigenvalue weighted by Gasteiger charge is 2.24. The number of amides is 1. The number of nitrogens with one attached hydrogen (secondary N) is 2. The van der Waals surface area contributed by atoms with Crippen LogP contribution in [-0.2, 0) is 7.05 Å². The lowest BCUT2D eigenvalue weighted by Crippen LogP contribution is -2.43. The molecule has 2 atom stereocenters. The van der Waals surface area contributed by atoms with Crippen molar-refractivity contribution in [1.29, 1.82) is 0 Å². The van der Waals surface area contributed by atoms with E-state index < -0.39 is 17.7 Å². The fourth-order valence-corrected chi connectivity index (χ4v) is 3.82. The quantitative estimate of drug-likeness (QED) is 0.508. The van der Waals surface area contributed by atoms with Gasteiger partial charge in [-0.25, -0.2) is 9.37 Å². The number of halogens is 2. The highest BCUT2D eigenvalue weighted by atomic mass is 19.1. The molecule has 30 heavy (non-hydrogen) atoms. The summed E-state index contributed by atoms with van der Waals surface area (Å²) in [5, 5.41) is 10.2. The first-order chi connectivity index (χ1) is 14.3. The maximum atomic E-state index is 14.6. The van der Waals surface area contributed by atoms with Crippen LogP contribution in [0.15, 0.2) is 24.3 Å². The molecular weight excluding hydrogens is 392 g/mol. The fourth-order valence-electron chi connectivity index (χ4n) is 3.82. The van der Waals surface area contributed by atoms with Gasteiger partial charge in [-0.1, -0.05) is 12.8 Å². The van der Waals surface area contributed by atoms with Crippen LogP contribution in [0.25, 0.3) is 10.9 Å². The number of fused-ring (bicyclic) bond motifs is 1. The number of rotatable bonds is 5. The summed E-state index contributed by atoms with van der Waals surface area (Å²) in [6.45, 7) is 0. The molecule has 1 aliphatic carbocycles. The van der Waals surface area contributed by atoms with Gasteiger partial charge in [0.25, 0.3) is 5.91 Å². The molecular formula is C20H23F2N7O. The lowest BCUT2D eigenvalue weighted by atomic mass is 9.91. The van der Waals surface area contributed by atoms with Crippen molar-refractivity contribution < 1.29 is 13.6 Å². The summed E-state index contributed by atoms with van der Waals surface area (Å²) >= 11 is 0. The maximum Gasteiger partial charge on any atom is 0.252 e. The number of nitrogens with zero attached hydrogens (tertiary/aromatic N) is 3. The van der Waals surface area contributed by atoms with Crippen LogP contribution in [0.2, 0.25) is 0 Å². The topological polar surface area (TPSA) is 124 Å². The molecule has 2 aromatic heterocycles. The van der Waals surface area contributed by atoms with Crippen molar-refractivity contribution in [3.05, 3.63) is 41.6 Å². The summed E-state index contributed by atoms with van der Waals surface area (Å²) in [6.07, 6.45) is 3.70. The normalized spacial score (nSPS) is 19.1. The first-order valence-electron chi connectivity index (χ1n) is 9.75. The van der Waals surface area contributed by atoms with E-state index in [2.05, 4.69) is 20.7 Å². The van der Waals surface area contributed by atoms with Crippen LogP contribution in [0, 0.1) is 11.8 Å². The standard InChI is InChI=1S/C20H23F2N7O/c1-29-16-8-10(6-7-11(16)17(22)28-29)25-19-12(18(24)30)9-13(21)20(27-19)26-15-5-3-2-4-14(15)23/h6-9,14-15H,2-5,23H2,1H3,(H2,24,30)(H2,25,26,27)/t14-,15+/m0/s1. The van der Waals surface area contributed by atoms with E-state index in [-0.39, 0.29) is 29.3 Å². The molecule has 0 bridgehead atoms. The third-order valence-electron chi connectivity index (χ3n) is 5.45. The largest absolute Gasteiger partial charge is 0.365 e. The van der Waals surface area contributed by atoms with Crippen LogP contribution < -0.4 is 22.1 Å². The monoisotopic (exact) mass is 415 g/mol. The second kappa shape index (κ2) is 7.86. The van der Waals surface area contributed by atoms with Crippen LogP contribution in [0.3, 0.4) is 0 Å². The van der Waals surface area contributed by atoms with E-state index in [4.69, 9.17) is 11.5 Å². The molecule has 158 valence electrons. The van der Waals surface area contributed by atoms with Gasteiger partial charge < -0.3 is 22.1 Å². The molecule has 6 N–H and O–H groups in total. The number of benzene rings is 1. The van der Waals surface area contributed by atoms with Gasteiger partial charge in [-0.2, -0.15) is 4.39 Å². The smallest absolute Gasteiger partial charge is 0.252 e. The fraction of sp³-hybridized carbons (Fsp3) is 0.350.